The molecule has 2 aromatic carbocycles. The molecule has 0 saturated heterocycles. The van der Waals surface area contributed by atoms with E-state index in [1.54, 1.807) is 0 Å². The Morgan fingerprint density at radius 3 is 2.54 bits per heavy atom. The largest absolute Gasteiger partial charge is 0.484 e. The lowest BCUT2D eigenvalue weighted by atomic mass is 10.00. The minimum absolute atomic E-state index is 0.00535. The first-order chi connectivity index (χ1) is 12.7. The zero-order valence-electron chi connectivity index (χ0n) is 14.2. The average molecular weight is 411 g/mol. The van der Waals surface area contributed by atoms with Gasteiger partial charge in [-0.25, -0.2) is 0 Å². The Balaban J connectivity index is 1.56. The lowest BCUT2D eigenvalue weighted by Gasteiger charge is -2.37. The Morgan fingerprint density at radius 2 is 1.77 bits per heavy atom. The van der Waals surface area contributed by atoms with E-state index in [-0.39, 0.29) is 18.6 Å². The number of ether oxygens (including phenoxy) is 1. The van der Waals surface area contributed by atoms with E-state index < -0.39 is 0 Å². The van der Waals surface area contributed by atoms with E-state index in [2.05, 4.69) is 44.9 Å². The monoisotopic (exact) mass is 410 g/mol. The molecule has 0 fully saturated rings. The van der Waals surface area contributed by atoms with Crippen LogP contribution in [0.3, 0.4) is 0 Å². The van der Waals surface area contributed by atoms with Crippen LogP contribution in [0.4, 0.5) is 0 Å². The number of amides is 1. The quantitative estimate of drug-likeness (QED) is 0.643. The molecule has 5 heteroatoms. The van der Waals surface area contributed by atoms with Crippen LogP contribution in [-0.2, 0) is 11.3 Å². The fourth-order valence-corrected chi connectivity index (χ4v) is 3.66. The number of nitrogens with zero attached hydrogens (tertiary/aromatic N) is 2. The third-order valence-electron chi connectivity index (χ3n) is 4.65. The molecule has 0 spiro atoms. The van der Waals surface area contributed by atoms with Gasteiger partial charge in [-0.15, -0.1) is 0 Å². The highest BCUT2D eigenvalue weighted by atomic mass is 79.9. The second-order valence-electron chi connectivity index (χ2n) is 6.27. The van der Waals surface area contributed by atoms with E-state index in [0.717, 1.165) is 22.3 Å². The molecule has 0 aliphatic carbocycles. The Bertz CT molecular complexity index is 890. The normalized spacial score (nSPS) is 16.2. The highest BCUT2D eigenvalue weighted by Crippen LogP contribution is 2.32. The summed E-state index contributed by atoms with van der Waals surface area (Å²) in [6, 6.07) is 21.7. The molecule has 1 unspecified atom stereocenters. The summed E-state index contributed by atoms with van der Waals surface area (Å²) in [5.41, 5.74) is 2.25. The fraction of sp³-hybridized carbons (Fsp3) is 0.190. The van der Waals surface area contributed by atoms with Crippen molar-refractivity contribution in [1.82, 2.24) is 9.47 Å². The van der Waals surface area contributed by atoms with Crippen molar-refractivity contribution in [2.24, 2.45) is 0 Å². The third-order valence-corrected chi connectivity index (χ3v) is 5.18. The molecule has 0 bridgehead atoms. The van der Waals surface area contributed by atoms with Gasteiger partial charge in [0.15, 0.2) is 6.61 Å². The van der Waals surface area contributed by atoms with Crippen LogP contribution >= 0.6 is 15.9 Å². The van der Waals surface area contributed by atoms with Crippen molar-refractivity contribution in [2.75, 3.05) is 13.2 Å². The van der Waals surface area contributed by atoms with Gasteiger partial charge >= 0.3 is 0 Å². The molecular formula is C21H19BrN2O2. The lowest BCUT2D eigenvalue weighted by Crippen LogP contribution is -2.44. The second-order valence-corrected chi connectivity index (χ2v) is 7.19. The summed E-state index contributed by atoms with van der Waals surface area (Å²) in [6.45, 7) is 1.51. The first kappa shape index (κ1) is 16.9. The first-order valence-electron chi connectivity index (χ1n) is 8.60. The van der Waals surface area contributed by atoms with Crippen LogP contribution < -0.4 is 4.74 Å². The van der Waals surface area contributed by atoms with E-state index >= 15 is 0 Å². The van der Waals surface area contributed by atoms with E-state index in [1.165, 1.54) is 0 Å². The number of carbonyl (C=O) groups is 1. The Labute approximate surface area is 161 Å². The first-order valence-corrected chi connectivity index (χ1v) is 9.39. The van der Waals surface area contributed by atoms with Gasteiger partial charge in [0.25, 0.3) is 5.91 Å². The van der Waals surface area contributed by atoms with Crippen LogP contribution in [0.1, 0.15) is 17.3 Å². The van der Waals surface area contributed by atoms with Crippen molar-refractivity contribution in [3.63, 3.8) is 0 Å². The molecule has 0 radical (unpaired) electrons. The Kier molecular flexibility index (Phi) is 4.80. The number of benzene rings is 2. The number of halogens is 1. The molecular weight excluding hydrogens is 392 g/mol. The van der Waals surface area contributed by atoms with Crippen LogP contribution in [0.25, 0.3) is 0 Å². The van der Waals surface area contributed by atoms with Crippen molar-refractivity contribution in [2.45, 2.75) is 12.6 Å². The number of rotatable bonds is 4. The number of fused-ring (bicyclic) bond motifs is 1. The summed E-state index contributed by atoms with van der Waals surface area (Å²) in [5.74, 6) is 0.687. The van der Waals surface area contributed by atoms with Crippen LogP contribution in [0.5, 0.6) is 5.75 Å². The zero-order chi connectivity index (χ0) is 17.9. The van der Waals surface area contributed by atoms with Crippen molar-refractivity contribution < 1.29 is 9.53 Å². The van der Waals surface area contributed by atoms with Gasteiger partial charge in [0, 0.05) is 29.5 Å². The maximum absolute atomic E-state index is 12.9. The van der Waals surface area contributed by atoms with Crippen molar-refractivity contribution in [3.05, 3.63) is 88.7 Å². The van der Waals surface area contributed by atoms with Crippen molar-refractivity contribution in [1.29, 1.82) is 0 Å². The van der Waals surface area contributed by atoms with E-state index in [9.17, 15) is 4.79 Å². The molecule has 26 heavy (non-hydrogen) atoms. The summed E-state index contributed by atoms with van der Waals surface area (Å²) in [4.78, 5) is 14.9. The number of hydrogen-bond donors (Lipinski definition) is 0. The number of carbonyl (C=O) groups excluding carboxylic acids is 1. The summed E-state index contributed by atoms with van der Waals surface area (Å²) in [6.07, 6.45) is 2.07. The molecule has 1 atom stereocenters. The van der Waals surface area contributed by atoms with E-state index in [4.69, 9.17) is 4.74 Å². The minimum Gasteiger partial charge on any atom is -0.484 e. The maximum Gasteiger partial charge on any atom is 0.261 e. The fourth-order valence-electron chi connectivity index (χ4n) is 3.40. The summed E-state index contributed by atoms with van der Waals surface area (Å²) >= 11 is 3.40. The lowest BCUT2D eigenvalue weighted by molar-refractivity contribution is -0.136. The van der Waals surface area contributed by atoms with Gasteiger partial charge in [0.05, 0.1) is 6.04 Å². The van der Waals surface area contributed by atoms with Gasteiger partial charge < -0.3 is 14.2 Å². The topological polar surface area (TPSA) is 34.5 Å². The number of aromatic nitrogens is 1. The molecule has 4 nitrogen and oxygen atoms in total. The summed E-state index contributed by atoms with van der Waals surface area (Å²) < 4.78 is 8.91. The molecule has 0 N–H and O–H groups in total. The second kappa shape index (κ2) is 7.38. The summed E-state index contributed by atoms with van der Waals surface area (Å²) in [5, 5.41) is 0. The molecule has 3 aromatic rings. The average Bonchev–Trinajstić information content (AvgIpc) is 3.16. The van der Waals surface area contributed by atoms with E-state index in [1.807, 2.05) is 53.4 Å². The minimum atomic E-state index is -0.0824. The number of hydrogen-bond acceptors (Lipinski definition) is 2. The van der Waals surface area contributed by atoms with Crippen molar-refractivity contribution in [3.8, 4) is 5.75 Å². The van der Waals surface area contributed by atoms with Gasteiger partial charge in [-0.3, -0.25) is 4.79 Å². The van der Waals surface area contributed by atoms with E-state index in [0.29, 0.717) is 12.3 Å². The Hall–Kier alpha value is -2.53. The highest BCUT2D eigenvalue weighted by Gasteiger charge is 2.32. The van der Waals surface area contributed by atoms with Gasteiger partial charge in [-0.1, -0.05) is 46.3 Å². The Morgan fingerprint density at radius 1 is 1.00 bits per heavy atom. The zero-order valence-corrected chi connectivity index (χ0v) is 15.8. The standard InChI is InChI=1S/C21H19BrN2O2/c22-17-8-10-18(11-9-17)26-15-20(25)24-14-13-23-12-4-7-19(23)21(24)16-5-2-1-3-6-16/h1-12,21H,13-15H2. The van der Waals surface area contributed by atoms with Crippen molar-refractivity contribution >= 4 is 21.8 Å². The van der Waals surface area contributed by atoms with Gasteiger partial charge in [0.1, 0.15) is 5.75 Å². The molecule has 0 saturated carbocycles. The third kappa shape index (κ3) is 3.40. The molecule has 1 aromatic heterocycles. The molecule has 1 aliphatic rings. The SMILES string of the molecule is O=C(COc1ccc(Br)cc1)N1CCn2cccc2C1c1ccccc1. The van der Waals surface area contributed by atoms with Crippen LogP contribution in [0, 0.1) is 0 Å². The van der Waals surface area contributed by atoms with Gasteiger partial charge in [-0.2, -0.15) is 0 Å². The van der Waals surface area contributed by atoms with Gasteiger partial charge in [0.2, 0.25) is 0 Å². The maximum atomic E-state index is 12.9. The highest BCUT2D eigenvalue weighted by molar-refractivity contribution is 9.10. The molecule has 1 amide bonds. The predicted molar refractivity (Wildman–Crippen MR) is 104 cm³/mol. The predicted octanol–water partition coefficient (Wildman–Crippen LogP) is 4.26. The van der Waals surface area contributed by atoms with Gasteiger partial charge in [-0.05, 0) is 42.0 Å². The molecule has 132 valence electrons. The summed E-state index contributed by atoms with van der Waals surface area (Å²) in [7, 11) is 0. The van der Waals surface area contributed by atoms with Crippen LogP contribution in [-0.4, -0.2) is 28.5 Å². The van der Waals surface area contributed by atoms with Crippen LogP contribution in [0.15, 0.2) is 77.4 Å². The molecule has 4 rings (SSSR count). The smallest absolute Gasteiger partial charge is 0.261 e. The molecule has 1 aliphatic heterocycles. The van der Waals surface area contributed by atoms with Crippen LogP contribution in [0.2, 0.25) is 0 Å². The molecule has 2 heterocycles.